The van der Waals surface area contributed by atoms with Crippen molar-refractivity contribution >= 4 is 24.3 Å². The quantitative estimate of drug-likeness (QED) is 0.612. The number of thiol groups is 1. The molecule has 0 saturated heterocycles. The molecule has 1 aromatic rings. The number of esters is 1. The number of anilines is 1. The van der Waals surface area contributed by atoms with E-state index in [9.17, 15) is 4.79 Å². The zero-order valence-electron chi connectivity index (χ0n) is 8.88. The van der Waals surface area contributed by atoms with Crippen LogP contribution >= 0.6 is 12.6 Å². The van der Waals surface area contributed by atoms with Gasteiger partial charge in [0.15, 0.2) is 0 Å². The van der Waals surface area contributed by atoms with Crippen molar-refractivity contribution in [3.05, 3.63) is 12.5 Å². The lowest BCUT2D eigenvalue weighted by Crippen LogP contribution is -2.19. The molecule has 0 radical (unpaired) electrons. The Labute approximate surface area is 99.0 Å². The second-order valence-electron chi connectivity index (χ2n) is 3.76. The summed E-state index contributed by atoms with van der Waals surface area (Å²) in [6.45, 7) is 1.65. The molecule has 1 aromatic heterocycles. The molecule has 0 amide bonds. The lowest BCUT2D eigenvalue weighted by Gasteiger charge is -2.10. The molecule has 0 aliphatic heterocycles. The first-order valence-electron chi connectivity index (χ1n) is 5.13. The van der Waals surface area contributed by atoms with Crippen LogP contribution in [0.2, 0.25) is 0 Å². The molecular weight excluding hydrogens is 226 g/mol. The van der Waals surface area contributed by atoms with E-state index in [-0.39, 0.29) is 5.88 Å². The summed E-state index contributed by atoms with van der Waals surface area (Å²) in [6.07, 6.45) is 5.22. The fourth-order valence-electron chi connectivity index (χ4n) is 1.13. The van der Waals surface area contributed by atoms with Gasteiger partial charge in [0, 0.05) is 6.04 Å². The van der Waals surface area contributed by atoms with Gasteiger partial charge in [-0.1, -0.05) is 0 Å². The Balaban J connectivity index is 2.09. The maximum atomic E-state index is 11.4. The summed E-state index contributed by atoms with van der Waals surface area (Å²) in [5.41, 5.74) is 0.660. The average molecular weight is 239 g/mol. The summed E-state index contributed by atoms with van der Waals surface area (Å²) in [7, 11) is 0. The van der Waals surface area contributed by atoms with Crippen molar-refractivity contribution < 1.29 is 9.53 Å². The van der Waals surface area contributed by atoms with Gasteiger partial charge in [-0.25, -0.2) is 4.98 Å². The van der Waals surface area contributed by atoms with Gasteiger partial charge in [-0.05, 0) is 19.8 Å². The van der Waals surface area contributed by atoms with Crippen molar-refractivity contribution in [3.63, 3.8) is 0 Å². The molecule has 1 unspecified atom stereocenters. The lowest BCUT2D eigenvalue weighted by molar-refractivity contribution is -0.133. The molecule has 1 N–H and O–H groups in total. The number of rotatable bonds is 4. The van der Waals surface area contributed by atoms with Gasteiger partial charge >= 0.3 is 5.97 Å². The fraction of sp³-hybridized carbons (Fsp3) is 0.500. The Morgan fingerprint density at radius 3 is 3.06 bits per heavy atom. The van der Waals surface area contributed by atoms with Crippen LogP contribution in [0.5, 0.6) is 5.88 Å². The minimum atomic E-state index is -0.469. The van der Waals surface area contributed by atoms with Gasteiger partial charge in [-0.2, -0.15) is 17.6 Å². The molecule has 1 saturated carbocycles. The molecule has 0 aromatic carbocycles. The third-order valence-corrected chi connectivity index (χ3v) is 2.36. The van der Waals surface area contributed by atoms with Crippen LogP contribution in [0.25, 0.3) is 0 Å². The third-order valence-electron chi connectivity index (χ3n) is 2.15. The Kier molecular flexibility index (Phi) is 3.28. The van der Waals surface area contributed by atoms with Gasteiger partial charge in [0.2, 0.25) is 5.88 Å². The molecule has 5 nitrogen and oxygen atoms in total. The third kappa shape index (κ3) is 2.85. The maximum absolute atomic E-state index is 11.4. The second kappa shape index (κ2) is 4.69. The Morgan fingerprint density at radius 2 is 2.44 bits per heavy atom. The van der Waals surface area contributed by atoms with Crippen LogP contribution in [0.4, 0.5) is 5.69 Å². The fourth-order valence-corrected chi connectivity index (χ4v) is 1.18. The van der Waals surface area contributed by atoms with E-state index in [0.717, 1.165) is 12.8 Å². The van der Waals surface area contributed by atoms with Gasteiger partial charge in [0.05, 0.1) is 11.4 Å². The van der Waals surface area contributed by atoms with E-state index in [1.807, 2.05) is 0 Å². The molecule has 16 heavy (non-hydrogen) atoms. The molecule has 1 heterocycles. The van der Waals surface area contributed by atoms with Gasteiger partial charge < -0.3 is 10.1 Å². The summed E-state index contributed by atoms with van der Waals surface area (Å²) < 4.78 is 5.11. The minimum absolute atomic E-state index is 0.271. The van der Waals surface area contributed by atoms with Crippen molar-refractivity contribution in [2.24, 2.45) is 0 Å². The van der Waals surface area contributed by atoms with Crippen LogP contribution in [0.15, 0.2) is 12.5 Å². The number of ether oxygens (including phenoxy) is 1. The molecule has 1 fully saturated rings. The van der Waals surface area contributed by atoms with E-state index < -0.39 is 11.2 Å². The predicted octanol–water partition coefficient (Wildman–Crippen LogP) is 1.27. The average Bonchev–Trinajstić information content (AvgIpc) is 3.04. The zero-order chi connectivity index (χ0) is 11.5. The molecule has 1 aliphatic carbocycles. The highest BCUT2D eigenvalue weighted by Crippen LogP contribution is 2.28. The normalized spacial score (nSPS) is 16.6. The largest absolute Gasteiger partial charge is 0.404 e. The highest BCUT2D eigenvalue weighted by molar-refractivity contribution is 7.81. The molecule has 0 bridgehead atoms. The zero-order valence-corrected chi connectivity index (χ0v) is 9.78. The topological polar surface area (TPSA) is 64.1 Å². The van der Waals surface area contributed by atoms with Crippen molar-refractivity contribution in [1.29, 1.82) is 0 Å². The first kappa shape index (κ1) is 11.2. The van der Waals surface area contributed by atoms with E-state index in [0.29, 0.717) is 11.7 Å². The van der Waals surface area contributed by atoms with E-state index in [4.69, 9.17) is 4.74 Å². The molecule has 86 valence electrons. The van der Waals surface area contributed by atoms with Crippen molar-refractivity contribution in [2.45, 2.75) is 31.1 Å². The summed E-state index contributed by atoms with van der Waals surface area (Å²) >= 11 is 4.00. The Hall–Kier alpha value is -1.30. The van der Waals surface area contributed by atoms with Crippen molar-refractivity contribution in [2.75, 3.05) is 5.32 Å². The van der Waals surface area contributed by atoms with Gasteiger partial charge in [0.1, 0.15) is 12.0 Å². The number of aromatic nitrogens is 2. The standard InChI is InChI=1S/C10H13N3O2S/c1-6(16)10(14)15-9-8(4-11-5-12-9)13-7-2-3-7/h4-7,13,16H,2-3H2,1H3. The molecule has 1 atom stereocenters. The first-order chi connectivity index (χ1) is 7.66. The van der Waals surface area contributed by atoms with Crippen LogP contribution in [-0.4, -0.2) is 27.2 Å². The van der Waals surface area contributed by atoms with Crippen LogP contribution in [0.1, 0.15) is 19.8 Å². The SMILES string of the molecule is CC(S)C(=O)Oc1ncncc1NC1CC1. The Morgan fingerprint density at radius 1 is 1.69 bits per heavy atom. The van der Waals surface area contributed by atoms with E-state index in [2.05, 4.69) is 27.9 Å². The van der Waals surface area contributed by atoms with E-state index in [1.165, 1.54) is 6.33 Å². The van der Waals surface area contributed by atoms with Crippen molar-refractivity contribution in [3.8, 4) is 5.88 Å². The molecule has 2 rings (SSSR count). The van der Waals surface area contributed by atoms with Crippen LogP contribution in [0, 0.1) is 0 Å². The highest BCUT2D eigenvalue weighted by atomic mass is 32.1. The van der Waals surface area contributed by atoms with E-state index >= 15 is 0 Å². The first-order valence-corrected chi connectivity index (χ1v) is 5.65. The van der Waals surface area contributed by atoms with E-state index in [1.54, 1.807) is 13.1 Å². The molecule has 1 aliphatic rings. The van der Waals surface area contributed by atoms with Gasteiger partial charge in [0.25, 0.3) is 0 Å². The van der Waals surface area contributed by atoms with Gasteiger partial charge in [-0.15, -0.1) is 0 Å². The summed E-state index contributed by atoms with van der Waals surface area (Å²) in [5, 5.41) is 2.73. The predicted molar refractivity (Wildman–Crippen MR) is 62.8 cm³/mol. The summed E-state index contributed by atoms with van der Waals surface area (Å²) in [4.78, 5) is 19.2. The monoisotopic (exact) mass is 239 g/mol. The van der Waals surface area contributed by atoms with Crippen molar-refractivity contribution in [1.82, 2.24) is 9.97 Å². The van der Waals surface area contributed by atoms with Gasteiger partial charge in [-0.3, -0.25) is 4.79 Å². The Bertz CT molecular complexity index is 393. The number of hydrogen-bond donors (Lipinski definition) is 2. The number of carbonyl (C=O) groups excluding carboxylic acids is 1. The van der Waals surface area contributed by atoms with Crippen LogP contribution in [-0.2, 0) is 4.79 Å². The number of nitrogens with zero attached hydrogens (tertiary/aromatic N) is 2. The van der Waals surface area contributed by atoms with Crippen LogP contribution < -0.4 is 10.1 Å². The minimum Gasteiger partial charge on any atom is -0.404 e. The maximum Gasteiger partial charge on any atom is 0.325 e. The highest BCUT2D eigenvalue weighted by Gasteiger charge is 2.23. The summed E-state index contributed by atoms with van der Waals surface area (Å²) in [6, 6.07) is 0.455. The number of hydrogen-bond acceptors (Lipinski definition) is 6. The summed E-state index contributed by atoms with van der Waals surface area (Å²) in [5.74, 6) is -0.145. The smallest absolute Gasteiger partial charge is 0.325 e. The molecular formula is C10H13N3O2S. The molecule has 6 heteroatoms. The number of carbonyl (C=O) groups is 1. The number of nitrogens with one attached hydrogen (secondary N) is 1. The molecule has 0 spiro atoms. The van der Waals surface area contributed by atoms with Crippen LogP contribution in [0.3, 0.4) is 0 Å². The second-order valence-corrected chi connectivity index (χ2v) is 4.53. The lowest BCUT2D eigenvalue weighted by atomic mass is 10.4.